The first-order valence-corrected chi connectivity index (χ1v) is 9.56. The number of halogens is 3. The minimum Gasteiger partial charge on any atom is -0.444 e. The van der Waals surface area contributed by atoms with Crippen LogP contribution in [0.4, 0.5) is 18.4 Å². The van der Waals surface area contributed by atoms with Crippen molar-refractivity contribution in [1.82, 2.24) is 10.6 Å². The van der Waals surface area contributed by atoms with Crippen LogP contribution in [-0.2, 0) is 9.47 Å². The van der Waals surface area contributed by atoms with Crippen molar-refractivity contribution in [2.75, 3.05) is 25.0 Å². The van der Waals surface area contributed by atoms with Gasteiger partial charge in [0, 0.05) is 24.0 Å². The molecular weight excluding hydrogens is 442 g/mol. The fourth-order valence-corrected chi connectivity index (χ4v) is 1.56. The Bertz CT molecular complexity index is 493. The predicted molar refractivity (Wildman–Crippen MR) is 108 cm³/mol. The second kappa shape index (κ2) is 14.3. The third-order valence-corrected chi connectivity index (χ3v) is 3.12. The molecular formula is C18H31BrF2N2O5. The number of ether oxygens (including phenoxy) is 2. The maximum Gasteiger partial charge on any atom is 0.407 e. The molecule has 0 aromatic rings. The molecule has 0 aliphatic carbocycles. The molecule has 0 radical (unpaired) electrons. The van der Waals surface area contributed by atoms with E-state index in [0.717, 1.165) is 0 Å². The van der Waals surface area contributed by atoms with Gasteiger partial charge in [-0.25, -0.2) is 18.4 Å². The summed E-state index contributed by atoms with van der Waals surface area (Å²) in [6.45, 7) is 10.2. The first-order chi connectivity index (χ1) is 12.8. The maximum absolute atomic E-state index is 12.1. The fourth-order valence-electron chi connectivity index (χ4n) is 1.24. The van der Waals surface area contributed by atoms with Crippen LogP contribution >= 0.6 is 15.9 Å². The van der Waals surface area contributed by atoms with Gasteiger partial charge >= 0.3 is 12.2 Å². The van der Waals surface area contributed by atoms with Crippen molar-refractivity contribution in [3.63, 3.8) is 0 Å². The van der Waals surface area contributed by atoms with E-state index in [1.165, 1.54) is 0 Å². The van der Waals surface area contributed by atoms with Gasteiger partial charge < -0.3 is 25.2 Å². The summed E-state index contributed by atoms with van der Waals surface area (Å²) in [5.74, 6) is 0. The highest BCUT2D eigenvalue weighted by atomic mass is 79.9. The van der Waals surface area contributed by atoms with Crippen molar-refractivity contribution in [2.45, 2.75) is 52.7 Å². The Morgan fingerprint density at radius 3 is 1.50 bits per heavy atom. The molecule has 7 nitrogen and oxygen atoms in total. The van der Waals surface area contributed by atoms with Crippen molar-refractivity contribution in [2.24, 2.45) is 0 Å². The van der Waals surface area contributed by atoms with Crippen molar-refractivity contribution in [3.05, 3.63) is 23.8 Å². The number of hydrogen-bond donors (Lipinski definition) is 3. The van der Waals surface area contributed by atoms with Gasteiger partial charge in [0.25, 0.3) is 0 Å². The topological polar surface area (TPSA) is 96.9 Å². The zero-order valence-electron chi connectivity index (χ0n) is 17.2. The lowest BCUT2D eigenvalue weighted by Gasteiger charge is -2.19. The molecule has 0 aromatic heterocycles. The third kappa shape index (κ3) is 19.1. The highest BCUT2D eigenvalue weighted by molar-refractivity contribution is 9.09. The van der Waals surface area contributed by atoms with Crippen LogP contribution in [0.1, 0.15) is 41.5 Å². The largest absolute Gasteiger partial charge is 0.444 e. The monoisotopic (exact) mass is 472 g/mol. The molecule has 2 amide bonds. The Morgan fingerprint density at radius 1 is 0.893 bits per heavy atom. The SMILES string of the molecule is CC(C)(C)OC(=O)NC/C(=C\F)CBr.CC(C)(C)OC(=O)NCC(=CF)CO. The molecule has 0 unspecified atom stereocenters. The summed E-state index contributed by atoms with van der Waals surface area (Å²) >= 11 is 3.09. The molecule has 10 heteroatoms. The zero-order valence-corrected chi connectivity index (χ0v) is 18.8. The van der Waals surface area contributed by atoms with Gasteiger partial charge in [0.05, 0.1) is 19.3 Å². The molecule has 164 valence electrons. The molecule has 0 aliphatic heterocycles. The Kier molecular flexibility index (Phi) is 14.6. The van der Waals surface area contributed by atoms with Crippen LogP contribution in [0.15, 0.2) is 23.8 Å². The number of nitrogens with one attached hydrogen (secondary N) is 2. The number of alkyl halides is 1. The van der Waals surface area contributed by atoms with E-state index in [2.05, 4.69) is 26.6 Å². The standard InChI is InChI=1S/C9H15BrFNO2.C9H16FNO3/c1-9(2,3)14-8(13)12-6-7(4-10)5-11;1-9(2,3)14-8(13)11-5-7(4-10)6-12/h5H,4,6H2,1-3H3,(H,12,13);4,12H,5-6H2,1-3H3,(H,11,13)/b7-5-;. The number of aliphatic hydroxyl groups is 1. The predicted octanol–water partition coefficient (Wildman–Crippen LogP) is 4.12. The van der Waals surface area contributed by atoms with Gasteiger partial charge in [0.1, 0.15) is 11.2 Å². The van der Waals surface area contributed by atoms with Crippen molar-refractivity contribution in [1.29, 1.82) is 0 Å². The van der Waals surface area contributed by atoms with E-state index in [0.29, 0.717) is 17.2 Å². The number of aliphatic hydroxyl groups excluding tert-OH is 1. The summed E-state index contributed by atoms with van der Waals surface area (Å²) < 4.78 is 33.9. The number of hydrogen-bond acceptors (Lipinski definition) is 5. The smallest absolute Gasteiger partial charge is 0.407 e. The lowest BCUT2D eigenvalue weighted by atomic mass is 10.2. The van der Waals surface area contributed by atoms with E-state index >= 15 is 0 Å². The van der Waals surface area contributed by atoms with Crippen molar-refractivity contribution in [3.8, 4) is 0 Å². The van der Waals surface area contributed by atoms with Crippen LogP contribution in [0.25, 0.3) is 0 Å². The van der Waals surface area contributed by atoms with Gasteiger partial charge in [0.2, 0.25) is 0 Å². The van der Waals surface area contributed by atoms with Crippen molar-refractivity contribution >= 4 is 28.1 Å². The summed E-state index contributed by atoms with van der Waals surface area (Å²) in [7, 11) is 0. The van der Waals surface area contributed by atoms with E-state index in [1.807, 2.05) is 0 Å². The van der Waals surface area contributed by atoms with Crippen LogP contribution in [-0.4, -0.2) is 53.5 Å². The molecule has 3 N–H and O–H groups in total. The molecule has 0 fully saturated rings. The average Bonchev–Trinajstić information content (AvgIpc) is 2.54. The van der Waals surface area contributed by atoms with Crippen LogP contribution in [0, 0.1) is 0 Å². The van der Waals surface area contributed by atoms with Crippen LogP contribution in [0.3, 0.4) is 0 Å². The van der Waals surface area contributed by atoms with Crippen LogP contribution < -0.4 is 10.6 Å². The quantitative estimate of drug-likeness (QED) is 0.505. The number of rotatable bonds is 6. The average molecular weight is 473 g/mol. The third-order valence-electron chi connectivity index (χ3n) is 2.40. The molecule has 0 bridgehead atoms. The molecule has 28 heavy (non-hydrogen) atoms. The summed E-state index contributed by atoms with van der Waals surface area (Å²) in [6, 6.07) is 0. The maximum atomic E-state index is 12.1. The minimum atomic E-state index is -0.634. The minimum absolute atomic E-state index is 0.0537. The normalized spacial score (nSPS) is 12.5. The zero-order chi connectivity index (χ0) is 22.4. The first kappa shape index (κ1) is 28.5. The second-order valence-electron chi connectivity index (χ2n) is 7.54. The number of carbonyl (C=O) groups is 2. The fraction of sp³-hybridized carbons (Fsp3) is 0.667. The molecule has 0 heterocycles. The lowest BCUT2D eigenvalue weighted by Crippen LogP contribution is -2.33. The number of amides is 2. The van der Waals surface area contributed by atoms with E-state index in [1.54, 1.807) is 41.5 Å². The number of carbonyl (C=O) groups excluding carboxylic acids is 2. The molecule has 0 atom stereocenters. The number of alkyl carbamates (subject to hydrolysis) is 2. The lowest BCUT2D eigenvalue weighted by molar-refractivity contribution is 0.0520. The molecule has 0 rings (SSSR count). The highest BCUT2D eigenvalue weighted by Crippen LogP contribution is 2.07. The molecule has 0 aromatic carbocycles. The van der Waals surface area contributed by atoms with E-state index in [4.69, 9.17) is 14.6 Å². The molecule has 0 aliphatic rings. The first-order valence-electron chi connectivity index (χ1n) is 8.44. The van der Waals surface area contributed by atoms with E-state index < -0.39 is 30.0 Å². The summed E-state index contributed by atoms with van der Waals surface area (Å²) in [5.41, 5.74) is -0.562. The Balaban J connectivity index is 0. The van der Waals surface area contributed by atoms with Crippen LogP contribution in [0.5, 0.6) is 0 Å². The van der Waals surface area contributed by atoms with Gasteiger partial charge in [-0.15, -0.1) is 0 Å². The molecule has 0 saturated heterocycles. The Hall–Kier alpha value is -1.68. The molecule has 0 saturated carbocycles. The van der Waals surface area contributed by atoms with Gasteiger partial charge in [-0.3, -0.25) is 0 Å². The highest BCUT2D eigenvalue weighted by Gasteiger charge is 2.16. The van der Waals surface area contributed by atoms with Gasteiger partial charge in [-0.2, -0.15) is 0 Å². The second-order valence-corrected chi connectivity index (χ2v) is 8.10. The summed E-state index contributed by atoms with van der Waals surface area (Å²) in [5, 5.41) is 13.7. The van der Waals surface area contributed by atoms with Gasteiger partial charge in [0.15, 0.2) is 0 Å². The van der Waals surface area contributed by atoms with E-state index in [-0.39, 0.29) is 25.0 Å². The summed E-state index contributed by atoms with van der Waals surface area (Å²) in [4.78, 5) is 22.1. The van der Waals surface area contributed by atoms with Crippen LogP contribution in [0.2, 0.25) is 0 Å². The van der Waals surface area contributed by atoms with E-state index in [9.17, 15) is 18.4 Å². The Labute approximate surface area is 173 Å². The van der Waals surface area contributed by atoms with Crippen molar-refractivity contribution < 1.29 is 33.0 Å². The summed E-state index contributed by atoms with van der Waals surface area (Å²) in [6.07, 6.45) is -0.452. The van der Waals surface area contributed by atoms with Gasteiger partial charge in [-0.1, -0.05) is 15.9 Å². The Morgan fingerprint density at radius 2 is 1.25 bits per heavy atom. The van der Waals surface area contributed by atoms with Gasteiger partial charge in [-0.05, 0) is 47.1 Å². The molecule has 0 spiro atoms.